The second-order valence-electron chi connectivity index (χ2n) is 6.75. The molecule has 0 aromatic heterocycles. The highest BCUT2D eigenvalue weighted by Crippen LogP contribution is 2.22. The lowest BCUT2D eigenvalue weighted by Gasteiger charge is -2.22. The molecule has 1 aliphatic rings. The Kier molecular flexibility index (Phi) is 4.74. The quantitative estimate of drug-likeness (QED) is 0.873. The number of hydrogen-bond donors (Lipinski definition) is 1. The molecule has 5 nitrogen and oxygen atoms in total. The molecule has 5 heteroatoms. The van der Waals surface area contributed by atoms with Gasteiger partial charge in [-0.15, -0.1) is 0 Å². The molecule has 0 aliphatic carbocycles. The molecule has 22 heavy (non-hydrogen) atoms. The Balaban J connectivity index is 1.94. The van der Waals surface area contributed by atoms with E-state index in [-0.39, 0.29) is 24.0 Å². The topological polar surface area (TPSA) is 72.6 Å². The van der Waals surface area contributed by atoms with Crippen molar-refractivity contribution < 1.29 is 14.3 Å². The molecule has 1 aliphatic heterocycles. The number of nitrogens with two attached hydrogens (primary N) is 1. The Labute approximate surface area is 131 Å². The van der Waals surface area contributed by atoms with Crippen molar-refractivity contribution in [3.8, 4) is 0 Å². The van der Waals surface area contributed by atoms with Crippen LogP contribution in [0.1, 0.15) is 49.5 Å². The van der Waals surface area contributed by atoms with Gasteiger partial charge in [0, 0.05) is 6.54 Å². The zero-order valence-corrected chi connectivity index (χ0v) is 13.5. The molecule has 1 fully saturated rings. The van der Waals surface area contributed by atoms with Crippen molar-refractivity contribution >= 4 is 12.0 Å². The van der Waals surface area contributed by atoms with E-state index in [1.165, 1.54) is 5.56 Å². The molecule has 1 heterocycles. The lowest BCUT2D eigenvalue weighted by molar-refractivity contribution is 0.0422. The number of nitrogens with zero attached hydrogens (tertiary/aromatic N) is 1. The van der Waals surface area contributed by atoms with Gasteiger partial charge in [-0.25, -0.2) is 9.59 Å². The van der Waals surface area contributed by atoms with Crippen LogP contribution >= 0.6 is 0 Å². The van der Waals surface area contributed by atoms with Crippen molar-refractivity contribution in [3.05, 3.63) is 35.4 Å². The molecule has 1 saturated heterocycles. The molecule has 1 aromatic carbocycles. The zero-order valence-electron chi connectivity index (χ0n) is 13.5. The fourth-order valence-corrected chi connectivity index (χ4v) is 2.66. The van der Waals surface area contributed by atoms with Gasteiger partial charge in [-0.05, 0) is 36.0 Å². The summed E-state index contributed by atoms with van der Waals surface area (Å²) in [5.41, 5.74) is 7.05. The molecule has 0 bridgehead atoms. The van der Waals surface area contributed by atoms with Crippen LogP contribution in [0.3, 0.4) is 0 Å². The maximum Gasteiger partial charge on any atom is 0.338 e. The van der Waals surface area contributed by atoms with E-state index < -0.39 is 6.03 Å². The van der Waals surface area contributed by atoms with E-state index in [9.17, 15) is 9.59 Å². The third-order valence-corrected chi connectivity index (χ3v) is 4.05. The Bertz CT molecular complexity index is 546. The molecule has 0 unspecified atom stereocenters. The van der Waals surface area contributed by atoms with Gasteiger partial charge < -0.3 is 15.4 Å². The van der Waals surface area contributed by atoms with E-state index >= 15 is 0 Å². The smallest absolute Gasteiger partial charge is 0.338 e. The normalized spacial score (nSPS) is 18.3. The second-order valence-corrected chi connectivity index (χ2v) is 6.75. The fourth-order valence-electron chi connectivity index (χ4n) is 2.66. The second kappa shape index (κ2) is 6.38. The Morgan fingerprint density at radius 1 is 1.27 bits per heavy atom. The van der Waals surface area contributed by atoms with Crippen molar-refractivity contribution in [2.45, 2.75) is 45.1 Å². The number of benzene rings is 1. The maximum atomic E-state index is 12.1. The molecule has 1 aromatic rings. The van der Waals surface area contributed by atoms with Crippen LogP contribution < -0.4 is 5.73 Å². The number of primary amides is 1. The molecular formula is C17H24N2O3. The molecule has 120 valence electrons. The van der Waals surface area contributed by atoms with Crippen molar-refractivity contribution in [2.24, 2.45) is 5.73 Å². The van der Waals surface area contributed by atoms with E-state index in [2.05, 4.69) is 20.8 Å². The summed E-state index contributed by atoms with van der Waals surface area (Å²) in [7, 11) is 0. The van der Waals surface area contributed by atoms with Crippen molar-refractivity contribution in [2.75, 3.05) is 13.2 Å². The monoisotopic (exact) mass is 304 g/mol. The number of esters is 1. The molecule has 2 N–H and O–H groups in total. The van der Waals surface area contributed by atoms with Crippen LogP contribution in [-0.4, -0.2) is 36.1 Å². The summed E-state index contributed by atoms with van der Waals surface area (Å²) < 4.78 is 5.33. The first-order valence-electron chi connectivity index (χ1n) is 7.63. The highest BCUT2D eigenvalue weighted by Gasteiger charge is 2.28. The number of carbonyl (C=O) groups is 2. The summed E-state index contributed by atoms with van der Waals surface area (Å²) in [5.74, 6) is -0.364. The molecule has 2 amide bonds. The Morgan fingerprint density at radius 2 is 1.91 bits per heavy atom. The third kappa shape index (κ3) is 3.78. The minimum Gasteiger partial charge on any atom is -0.460 e. The van der Waals surface area contributed by atoms with Crippen molar-refractivity contribution in [1.82, 2.24) is 4.90 Å². The van der Waals surface area contributed by atoms with E-state index in [0.717, 1.165) is 12.8 Å². The van der Waals surface area contributed by atoms with Gasteiger partial charge in [0.15, 0.2) is 0 Å². The molecule has 2 rings (SSSR count). The van der Waals surface area contributed by atoms with Crippen LogP contribution in [0.15, 0.2) is 24.3 Å². The summed E-state index contributed by atoms with van der Waals surface area (Å²) >= 11 is 0. The molecular weight excluding hydrogens is 280 g/mol. The first kappa shape index (κ1) is 16.3. The largest absolute Gasteiger partial charge is 0.460 e. The summed E-state index contributed by atoms with van der Waals surface area (Å²) in [6.07, 6.45) is 1.71. The minimum atomic E-state index is -0.451. The highest BCUT2D eigenvalue weighted by atomic mass is 16.5. The van der Waals surface area contributed by atoms with Gasteiger partial charge in [0.05, 0.1) is 11.6 Å². The average Bonchev–Trinajstić information content (AvgIpc) is 2.92. The lowest BCUT2D eigenvalue weighted by atomic mass is 9.87. The first-order chi connectivity index (χ1) is 10.3. The van der Waals surface area contributed by atoms with E-state index in [4.69, 9.17) is 10.5 Å². The van der Waals surface area contributed by atoms with Gasteiger partial charge in [-0.1, -0.05) is 32.9 Å². The predicted molar refractivity (Wildman–Crippen MR) is 84.7 cm³/mol. The van der Waals surface area contributed by atoms with Crippen LogP contribution in [0, 0.1) is 0 Å². The maximum absolute atomic E-state index is 12.1. The van der Waals surface area contributed by atoms with Crippen LogP contribution in [-0.2, 0) is 10.2 Å². The van der Waals surface area contributed by atoms with Crippen LogP contribution in [0.2, 0.25) is 0 Å². The number of likely N-dealkylation sites (tertiary alicyclic amines) is 1. The summed E-state index contributed by atoms with van der Waals surface area (Å²) in [6.45, 7) is 7.21. The van der Waals surface area contributed by atoms with Crippen molar-refractivity contribution in [1.29, 1.82) is 0 Å². The molecule has 0 spiro atoms. The van der Waals surface area contributed by atoms with E-state index in [1.807, 2.05) is 12.1 Å². The number of rotatable bonds is 3. The summed E-state index contributed by atoms with van der Waals surface area (Å²) in [5, 5.41) is 0. The summed E-state index contributed by atoms with van der Waals surface area (Å²) in [6, 6.07) is 6.90. The molecule has 0 radical (unpaired) electrons. The SMILES string of the molecule is CC(C)(C)c1ccc(C(=O)OC[C@@H]2CCCN2C(N)=O)cc1. The predicted octanol–water partition coefficient (Wildman–Crippen LogP) is 2.68. The number of amides is 2. The number of ether oxygens (including phenoxy) is 1. The number of urea groups is 1. The standard InChI is InChI=1S/C17H24N2O3/c1-17(2,3)13-8-6-12(7-9-13)15(20)22-11-14-5-4-10-19(14)16(18)21/h6-9,14H,4-5,10-11H2,1-3H3,(H2,18,21)/t14-/m0/s1. The lowest BCUT2D eigenvalue weighted by Crippen LogP contribution is -2.41. The average molecular weight is 304 g/mol. The highest BCUT2D eigenvalue weighted by molar-refractivity contribution is 5.89. The third-order valence-electron chi connectivity index (χ3n) is 4.05. The fraction of sp³-hybridized carbons (Fsp3) is 0.529. The van der Waals surface area contributed by atoms with Gasteiger partial charge >= 0.3 is 12.0 Å². The number of carbonyl (C=O) groups excluding carboxylic acids is 2. The van der Waals surface area contributed by atoms with Gasteiger partial charge in [-0.2, -0.15) is 0 Å². The van der Waals surface area contributed by atoms with Gasteiger partial charge in [0.25, 0.3) is 0 Å². The first-order valence-corrected chi connectivity index (χ1v) is 7.63. The van der Waals surface area contributed by atoms with Gasteiger partial charge in [0.2, 0.25) is 0 Å². The van der Waals surface area contributed by atoms with Crippen LogP contribution in [0.5, 0.6) is 0 Å². The molecule has 0 saturated carbocycles. The Morgan fingerprint density at radius 3 is 2.45 bits per heavy atom. The van der Waals surface area contributed by atoms with Crippen molar-refractivity contribution in [3.63, 3.8) is 0 Å². The Hall–Kier alpha value is -2.04. The molecule has 1 atom stereocenters. The summed E-state index contributed by atoms with van der Waals surface area (Å²) in [4.78, 5) is 24.9. The van der Waals surface area contributed by atoms with Crippen LogP contribution in [0.25, 0.3) is 0 Å². The minimum absolute atomic E-state index is 0.0499. The van der Waals surface area contributed by atoms with E-state index in [0.29, 0.717) is 12.1 Å². The van der Waals surface area contributed by atoms with Crippen LogP contribution in [0.4, 0.5) is 4.79 Å². The number of hydrogen-bond acceptors (Lipinski definition) is 3. The zero-order chi connectivity index (χ0) is 16.3. The van der Waals surface area contributed by atoms with E-state index in [1.54, 1.807) is 17.0 Å². The van der Waals surface area contributed by atoms with Gasteiger partial charge in [-0.3, -0.25) is 0 Å². The van der Waals surface area contributed by atoms with Gasteiger partial charge in [0.1, 0.15) is 6.61 Å².